The highest BCUT2D eigenvalue weighted by molar-refractivity contribution is 6.06. The smallest absolute Gasteiger partial charge is 0.337 e. The molecule has 0 fully saturated rings. The van der Waals surface area contributed by atoms with Crippen LogP contribution in [0.3, 0.4) is 0 Å². The number of aromatic nitrogens is 2. The highest BCUT2D eigenvalue weighted by atomic mass is 16.5. The van der Waals surface area contributed by atoms with Crippen molar-refractivity contribution in [3.63, 3.8) is 0 Å². The van der Waals surface area contributed by atoms with Crippen molar-refractivity contribution in [1.82, 2.24) is 9.38 Å². The average molecular weight is 395 g/mol. The number of hydrogen-bond acceptors (Lipinski definition) is 6. The first-order valence-corrected chi connectivity index (χ1v) is 8.99. The lowest BCUT2D eigenvalue weighted by Crippen LogP contribution is -2.17. The molecule has 0 aliphatic heterocycles. The van der Waals surface area contributed by atoms with Crippen molar-refractivity contribution < 1.29 is 23.9 Å². The number of anilines is 1. The van der Waals surface area contributed by atoms with E-state index in [1.165, 1.54) is 32.4 Å². The van der Waals surface area contributed by atoms with Gasteiger partial charge in [0.1, 0.15) is 11.3 Å². The molecule has 0 aliphatic carbocycles. The third-order valence-electron chi connectivity index (χ3n) is 4.50. The number of pyridine rings is 1. The van der Waals surface area contributed by atoms with E-state index in [1.807, 2.05) is 26.0 Å². The fourth-order valence-corrected chi connectivity index (χ4v) is 3.10. The van der Waals surface area contributed by atoms with Crippen LogP contribution in [-0.2, 0) is 15.9 Å². The van der Waals surface area contributed by atoms with E-state index in [-0.39, 0.29) is 16.8 Å². The average Bonchev–Trinajstić information content (AvgIpc) is 3.12. The van der Waals surface area contributed by atoms with Gasteiger partial charge >= 0.3 is 11.9 Å². The Morgan fingerprint density at radius 3 is 2.24 bits per heavy atom. The summed E-state index contributed by atoms with van der Waals surface area (Å²) in [6.45, 7) is 3.84. The Bertz CT molecular complexity index is 1080. The van der Waals surface area contributed by atoms with Crippen LogP contribution in [0, 0.1) is 6.92 Å². The number of rotatable bonds is 5. The molecular weight excluding hydrogens is 374 g/mol. The van der Waals surface area contributed by atoms with Crippen LogP contribution in [0.4, 0.5) is 5.69 Å². The van der Waals surface area contributed by atoms with Gasteiger partial charge in [0.05, 0.1) is 31.0 Å². The van der Waals surface area contributed by atoms with Crippen LogP contribution in [0.5, 0.6) is 0 Å². The van der Waals surface area contributed by atoms with E-state index in [0.717, 1.165) is 5.56 Å². The fraction of sp³-hybridized carbons (Fsp3) is 0.238. The molecule has 1 amide bonds. The number of fused-ring (bicyclic) bond motifs is 1. The number of carbonyl (C=O) groups excluding carboxylic acids is 3. The monoisotopic (exact) mass is 395 g/mol. The molecule has 150 valence electrons. The van der Waals surface area contributed by atoms with Crippen molar-refractivity contribution in [1.29, 1.82) is 0 Å². The zero-order valence-electron chi connectivity index (χ0n) is 16.6. The van der Waals surface area contributed by atoms with E-state index < -0.39 is 17.8 Å². The van der Waals surface area contributed by atoms with Crippen LogP contribution in [0.15, 0.2) is 36.5 Å². The SMILES string of the molecule is CCc1nc2c(C)cccn2c1C(=O)Nc1cc(C(=O)OC)cc(C(=O)OC)c1. The normalized spacial score (nSPS) is 10.6. The van der Waals surface area contributed by atoms with Gasteiger partial charge in [0, 0.05) is 11.9 Å². The predicted octanol–water partition coefficient (Wildman–Crippen LogP) is 3.03. The molecule has 1 N–H and O–H groups in total. The zero-order chi connectivity index (χ0) is 21.1. The molecule has 3 rings (SSSR count). The summed E-state index contributed by atoms with van der Waals surface area (Å²) in [6.07, 6.45) is 2.34. The van der Waals surface area contributed by atoms with E-state index in [9.17, 15) is 14.4 Å². The first-order chi connectivity index (χ1) is 13.9. The van der Waals surface area contributed by atoms with E-state index in [1.54, 1.807) is 10.6 Å². The predicted molar refractivity (Wildman–Crippen MR) is 106 cm³/mol. The lowest BCUT2D eigenvalue weighted by atomic mass is 10.1. The maximum Gasteiger partial charge on any atom is 0.337 e. The number of hydrogen-bond donors (Lipinski definition) is 1. The number of imidazole rings is 1. The van der Waals surface area contributed by atoms with Crippen LogP contribution in [0.1, 0.15) is 49.4 Å². The van der Waals surface area contributed by atoms with Gasteiger partial charge < -0.3 is 14.8 Å². The third kappa shape index (κ3) is 3.82. The number of nitrogens with zero attached hydrogens (tertiary/aromatic N) is 2. The molecule has 0 atom stereocenters. The molecule has 0 unspecified atom stereocenters. The number of esters is 2. The third-order valence-corrected chi connectivity index (χ3v) is 4.50. The molecule has 8 nitrogen and oxygen atoms in total. The molecule has 8 heteroatoms. The first kappa shape index (κ1) is 20.1. The van der Waals surface area contributed by atoms with E-state index in [0.29, 0.717) is 23.5 Å². The Kier molecular flexibility index (Phi) is 5.63. The molecule has 0 saturated heterocycles. The number of ether oxygens (including phenoxy) is 2. The summed E-state index contributed by atoms with van der Waals surface area (Å²) in [5, 5.41) is 2.75. The second kappa shape index (κ2) is 8.14. The maximum absolute atomic E-state index is 13.1. The molecule has 1 aromatic carbocycles. The van der Waals surface area contributed by atoms with Crippen molar-refractivity contribution in [2.45, 2.75) is 20.3 Å². The summed E-state index contributed by atoms with van der Waals surface area (Å²) in [6, 6.07) is 7.99. The van der Waals surface area contributed by atoms with Crippen molar-refractivity contribution in [3.05, 3.63) is 64.6 Å². The van der Waals surface area contributed by atoms with Crippen molar-refractivity contribution in [2.24, 2.45) is 0 Å². The molecule has 0 bridgehead atoms. The van der Waals surface area contributed by atoms with Gasteiger partial charge in [0.15, 0.2) is 0 Å². The van der Waals surface area contributed by atoms with Gasteiger partial charge in [-0.05, 0) is 43.2 Å². The maximum atomic E-state index is 13.1. The van der Waals surface area contributed by atoms with Crippen molar-refractivity contribution in [3.8, 4) is 0 Å². The molecule has 0 saturated carbocycles. The number of aryl methyl sites for hydroxylation is 2. The number of methoxy groups -OCH3 is 2. The summed E-state index contributed by atoms with van der Waals surface area (Å²) >= 11 is 0. The zero-order valence-corrected chi connectivity index (χ0v) is 16.6. The summed E-state index contributed by atoms with van der Waals surface area (Å²) in [5.41, 5.74) is 3.20. The van der Waals surface area contributed by atoms with Gasteiger partial charge in [-0.2, -0.15) is 0 Å². The van der Waals surface area contributed by atoms with Crippen LogP contribution in [0.2, 0.25) is 0 Å². The largest absolute Gasteiger partial charge is 0.465 e. The van der Waals surface area contributed by atoms with Gasteiger partial charge in [-0.15, -0.1) is 0 Å². The van der Waals surface area contributed by atoms with Crippen LogP contribution in [-0.4, -0.2) is 41.5 Å². The highest BCUT2D eigenvalue weighted by Gasteiger charge is 2.21. The number of amides is 1. The minimum Gasteiger partial charge on any atom is -0.465 e. The van der Waals surface area contributed by atoms with Gasteiger partial charge in [-0.1, -0.05) is 13.0 Å². The summed E-state index contributed by atoms with van der Waals surface area (Å²) in [5.74, 6) is -1.67. The van der Waals surface area contributed by atoms with E-state index >= 15 is 0 Å². The number of carbonyl (C=O) groups is 3. The molecule has 0 radical (unpaired) electrons. The molecule has 0 spiro atoms. The topological polar surface area (TPSA) is 99.0 Å². The molecule has 2 heterocycles. The first-order valence-electron chi connectivity index (χ1n) is 8.99. The summed E-state index contributed by atoms with van der Waals surface area (Å²) in [7, 11) is 2.47. The summed E-state index contributed by atoms with van der Waals surface area (Å²) < 4.78 is 11.2. The highest BCUT2D eigenvalue weighted by Crippen LogP contribution is 2.21. The minimum atomic E-state index is -0.633. The van der Waals surface area contributed by atoms with Gasteiger partial charge in [0.25, 0.3) is 5.91 Å². The van der Waals surface area contributed by atoms with Gasteiger partial charge in [0.2, 0.25) is 0 Å². The Morgan fingerprint density at radius 2 is 1.69 bits per heavy atom. The molecule has 29 heavy (non-hydrogen) atoms. The van der Waals surface area contributed by atoms with Gasteiger partial charge in [-0.3, -0.25) is 9.20 Å². The molecular formula is C21H21N3O5. The van der Waals surface area contributed by atoms with Crippen molar-refractivity contribution in [2.75, 3.05) is 19.5 Å². The van der Waals surface area contributed by atoms with Gasteiger partial charge in [-0.25, -0.2) is 14.6 Å². The second-order valence-corrected chi connectivity index (χ2v) is 6.38. The van der Waals surface area contributed by atoms with E-state index in [4.69, 9.17) is 9.47 Å². The fourth-order valence-electron chi connectivity index (χ4n) is 3.10. The second-order valence-electron chi connectivity index (χ2n) is 6.38. The number of nitrogens with one attached hydrogen (secondary N) is 1. The Labute approximate surface area is 167 Å². The van der Waals surface area contributed by atoms with Crippen LogP contribution >= 0.6 is 0 Å². The lowest BCUT2D eigenvalue weighted by molar-refractivity contribution is 0.0599. The summed E-state index contributed by atoms with van der Waals surface area (Å²) in [4.78, 5) is 41.6. The Morgan fingerprint density at radius 1 is 1.07 bits per heavy atom. The Balaban J connectivity index is 2.05. The van der Waals surface area contributed by atoms with Crippen molar-refractivity contribution >= 4 is 29.2 Å². The standard InChI is InChI=1S/C21H21N3O5/c1-5-16-17(24-8-6-7-12(2)18(24)23-16)19(25)22-15-10-13(20(26)28-3)9-14(11-15)21(27)29-4/h6-11H,5H2,1-4H3,(H,22,25). The lowest BCUT2D eigenvalue weighted by Gasteiger charge is -2.10. The van der Waals surface area contributed by atoms with Crippen LogP contribution < -0.4 is 5.32 Å². The van der Waals surface area contributed by atoms with Crippen LogP contribution in [0.25, 0.3) is 5.65 Å². The molecule has 0 aliphatic rings. The number of benzene rings is 1. The molecule has 2 aromatic heterocycles. The van der Waals surface area contributed by atoms with E-state index in [2.05, 4.69) is 10.3 Å². The molecule has 3 aromatic rings. The quantitative estimate of drug-likeness (QED) is 0.667. The minimum absolute atomic E-state index is 0.121. The Hall–Kier alpha value is -3.68.